The summed E-state index contributed by atoms with van der Waals surface area (Å²) in [5, 5.41) is 0. The minimum Gasteiger partial charge on any atom is -0.444 e. The molecule has 0 saturated carbocycles. The normalized spacial score (nSPS) is 14.1. The quantitative estimate of drug-likeness (QED) is 0.658. The number of fused-ring (bicyclic) bond motifs is 1. The maximum absolute atomic E-state index is 12.9. The molecule has 2 aromatic rings. The van der Waals surface area contributed by atoms with E-state index in [2.05, 4.69) is 9.97 Å². The second-order valence-corrected chi connectivity index (χ2v) is 10.2. The molecule has 0 radical (unpaired) electrons. The number of amides is 1. The van der Waals surface area contributed by atoms with Crippen molar-refractivity contribution in [1.29, 1.82) is 0 Å². The zero-order valence-corrected chi connectivity index (χ0v) is 19.5. The Morgan fingerprint density at radius 2 is 1.77 bits per heavy atom. The Bertz CT molecular complexity index is 1080. The van der Waals surface area contributed by atoms with Crippen molar-refractivity contribution in [3.63, 3.8) is 0 Å². The van der Waals surface area contributed by atoms with E-state index in [1.54, 1.807) is 51.9 Å². The van der Waals surface area contributed by atoms with Crippen LogP contribution in [0.3, 0.4) is 0 Å². The van der Waals surface area contributed by atoms with Gasteiger partial charge in [-0.1, -0.05) is 17.7 Å². The maximum atomic E-state index is 12.9. The Hall–Kier alpha value is -2.88. The summed E-state index contributed by atoms with van der Waals surface area (Å²) >= 11 is 0. The average Bonchev–Trinajstić information content (AvgIpc) is 2.66. The molecule has 168 valence electrons. The van der Waals surface area contributed by atoms with Gasteiger partial charge in [-0.05, 0) is 39.8 Å². The molecule has 1 aromatic carbocycles. The van der Waals surface area contributed by atoms with E-state index in [1.807, 2.05) is 6.92 Å². The van der Waals surface area contributed by atoms with Crippen LogP contribution < -0.4 is 9.08 Å². The van der Waals surface area contributed by atoms with Crippen molar-refractivity contribution in [3.8, 4) is 5.88 Å². The third kappa shape index (κ3) is 5.43. The van der Waals surface area contributed by atoms with Gasteiger partial charge in [0.25, 0.3) is 0 Å². The highest BCUT2D eigenvalue weighted by atomic mass is 32.2. The zero-order valence-electron chi connectivity index (χ0n) is 18.7. The van der Waals surface area contributed by atoms with E-state index in [0.29, 0.717) is 30.2 Å². The first-order valence-electron chi connectivity index (χ1n) is 9.92. The van der Waals surface area contributed by atoms with Crippen LogP contribution in [0.4, 0.5) is 10.7 Å². The molecule has 1 aromatic heterocycles. The van der Waals surface area contributed by atoms with E-state index in [-0.39, 0.29) is 17.3 Å². The Balaban J connectivity index is 1.97. The van der Waals surface area contributed by atoms with E-state index in [9.17, 15) is 13.2 Å². The third-order valence-electron chi connectivity index (χ3n) is 4.56. The van der Waals surface area contributed by atoms with Crippen LogP contribution in [-0.4, -0.2) is 55.6 Å². The van der Waals surface area contributed by atoms with Gasteiger partial charge in [-0.25, -0.2) is 9.78 Å². The third-order valence-corrected chi connectivity index (χ3v) is 5.79. The molecule has 0 unspecified atom stereocenters. The summed E-state index contributed by atoms with van der Waals surface area (Å²) in [6, 6.07) is 6.36. The summed E-state index contributed by atoms with van der Waals surface area (Å²) in [6.45, 7) is 7.73. The number of hydrogen-bond donors (Lipinski definition) is 0. The first-order valence-corrected chi connectivity index (χ1v) is 11.3. The zero-order chi connectivity index (χ0) is 23.0. The molecule has 0 spiro atoms. The number of hydrogen-bond acceptors (Lipinski definition) is 8. The van der Waals surface area contributed by atoms with Crippen molar-refractivity contribution in [2.24, 2.45) is 0 Å². The number of rotatable bonds is 4. The van der Waals surface area contributed by atoms with E-state index in [0.717, 1.165) is 5.56 Å². The van der Waals surface area contributed by atoms with Crippen LogP contribution in [0.1, 0.15) is 37.6 Å². The Labute approximate surface area is 183 Å². The van der Waals surface area contributed by atoms with Crippen LogP contribution >= 0.6 is 0 Å². The van der Waals surface area contributed by atoms with Gasteiger partial charge in [0.1, 0.15) is 10.5 Å². The largest absolute Gasteiger partial charge is 0.444 e. The summed E-state index contributed by atoms with van der Waals surface area (Å²) in [6.07, 6.45) is -0.0547. The summed E-state index contributed by atoms with van der Waals surface area (Å²) in [4.78, 5) is 24.6. The minimum absolute atomic E-state index is 0.0247. The summed E-state index contributed by atoms with van der Waals surface area (Å²) in [5.41, 5.74) is 1.39. The molecular weight excluding hydrogens is 420 g/mol. The van der Waals surface area contributed by atoms with Crippen LogP contribution in [-0.2, 0) is 27.8 Å². The minimum atomic E-state index is -4.12. The van der Waals surface area contributed by atoms with Gasteiger partial charge >= 0.3 is 16.2 Å². The van der Waals surface area contributed by atoms with Gasteiger partial charge in [0, 0.05) is 27.1 Å². The summed E-state index contributed by atoms with van der Waals surface area (Å²) in [5.74, 6) is 0.251. The predicted octanol–water partition coefficient (Wildman–Crippen LogP) is 2.91. The standard InChI is InChI=1S/C21H28N4O5S/c1-14-7-9-15(10-8-14)31(27,28)30-18-16-13-25(20(26)29-21(2,3)4)12-11-17(16)22-19(23-18)24(5)6/h7-10H,11-13H2,1-6H3. The molecule has 0 saturated heterocycles. The average molecular weight is 449 g/mol. The molecule has 0 atom stereocenters. The van der Waals surface area contributed by atoms with Crippen LogP contribution in [0.2, 0.25) is 0 Å². The molecule has 10 heteroatoms. The monoisotopic (exact) mass is 448 g/mol. The molecule has 9 nitrogen and oxygen atoms in total. The second-order valence-electron chi connectivity index (χ2n) is 8.65. The molecule has 0 aliphatic carbocycles. The van der Waals surface area contributed by atoms with E-state index in [4.69, 9.17) is 8.92 Å². The number of anilines is 1. The molecule has 1 aliphatic rings. The molecular formula is C21H28N4O5S. The van der Waals surface area contributed by atoms with Crippen molar-refractivity contribution in [2.45, 2.75) is 51.2 Å². The number of carbonyl (C=O) groups is 1. The number of carbonyl (C=O) groups excluding carboxylic acids is 1. The molecule has 1 aliphatic heterocycles. The Morgan fingerprint density at radius 3 is 2.35 bits per heavy atom. The van der Waals surface area contributed by atoms with Crippen molar-refractivity contribution in [2.75, 3.05) is 25.5 Å². The van der Waals surface area contributed by atoms with Gasteiger partial charge in [-0.15, -0.1) is 0 Å². The lowest BCUT2D eigenvalue weighted by atomic mass is 10.1. The summed E-state index contributed by atoms with van der Waals surface area (Å²) < 4.78 is 36.7. The van der Waals surface area contributed by atoms with Gasteiger partial charge < -0.3 is 18.7 Å². The Morgan fingerprint density at radius 1 is 1.13 bits per heavy atom. The second kappa shape index (κ2) is 8.33. The molecule has 0 fully saturated rings. The molecule has 0 bridgehead atoms. The number of ether oxygens (including phenoxy) is 1. The lowest BCUT2D eigenvalue weighted by molar-refractivity contribution is 0.0221. The topological polar surface area (TPSA) is 102 Å². The molecule has 0 N–H and O–H groups in total. The molecule has 1 amide bonds. The van der Waals surface area contributed by atoms with Crippen LogP contribution in [0.15, 0.2) is 29.2 Å². The van der Waals surface area contributed by atoms with Crippen LogP contribution in [0, 0.1) is 6.92 Å². The predicted molar refractivity (Wildman–Crippen MR) is 116 cm³/mol. The van der Waals surface area contributed by atoms with Gasteiger partial charge in [0.15, 0.2) is 0 Å². The summed E-state index contributed by atoms with van der Waals surface area (Å²) in [7, 11) is -0.597. The fourth-order valence-electron chi connectivity index (χ4n) is 2.98. The fourth-order valence-corrected chi connectivity index (χ4v) is 3.89. The number of benzene rings is 1. The van der Waals surface area contributed by atoms with Crippen LogP contribution in [0.5, 0.6) is 5.88 Å². The molecule has 31 heavy (non-hydrogen) atoms. The van der Waals surface area contributed by atoms with Gasteiger partial charge in [-0.2, -0.15) is 13.4 Å². The fraction of sp³-hybridized carbons (Fsp3) is 0.476. The number of nitrogens with zero attached hydrogens (tertiary/aromatic N) is 4. The van der Waals surface area contributed by atoms with Crippen molar-refractivity contribution in [1.82, 2.24) is 14.9 Å². The lowest BCUT2D eigenvalue weighted by Gasteiger charge is -2.31. The van der Waals surface area contributed by atoms with Crippen molar-refractivity contribution >= 4 is 22.2 Å². The lowest BCUT2D eigenvalue weighted by Crippen LogP contribution is -2.40. The highest BCUT2D eigenvalue weighted by molar-refractivity contribution is 7.87. The van der Waals surface area contributed by atoms with E-state index >= 15 is 0 Å². The Kier molecular flexibility index (Phi) is 6.13. The van der Waals surface area contributed by atoms with Crippen molar-refractivity contribution in [3.05, 3.63) is 41.1 Å². The van der Waals surface area contributed by atoms with Crippen molar-refractivity contribution < 1.29 is 22.1 Å². The maximum Gasteiger partial charge on any atom is 0.410 e. The highest BCUT2D eigenvalue weighted by Crippen LogP contribution is 2.30. The van der Waals surface area contributed by atoms with Crippen LogP contribution in [0.25, 0.3) is 0 Å². The smallest absolute Gasteiger partial charge is 0.410 e. The first-order chi connectivity index (χ1) is 14.4. The molecule has 3 rings (SSSR count). The van der Waals surface area contributed by atoms with Gasteiger partial charge in [0.2, 0.25) is 11.8 Å². The van der Waals surface area contributed by atoms with Gasteiger partial charge in [-0.3, -0.25) is 0 Å². The number of aromatic nitrogens is 2. The van der Waals surface area contributed by atoms with Gasteiger partial charge in [0.05, 0.1) is 17.8 Å². The number of aryl methyl sites for hydroxylation is 1. The highest BCUT2D eigenvalue weighted by Gasteiger charge is 2.31. The van der Waals surface area contributed by atoms with E-state index in [1.165, 1.54) is 17.0 Å². The SMILES string of the molecule is Cc1ccc(S(=O)(=O)Oc2nc(N(C)C)nc3c2CN(C(=O)OC(C)(C)C)CC3)cc1. The van der Waals surface area contributed by atoms with E-state index < -0.39 is 21.8 Å². The first kappa shape index (κ1) is 22.8. The molecule has 2 heterocycles.